The van der Waals surface area contributed by atoms with Crippen LogP contribution in [0.15, 0.2) is 45.7 Å². The molecule has 1 saturated carbocycles. The molecule has 1 aromatic heterocycles. The lowest BCUT2D eigenvalue weighted by Crippen LogP contribution is -2.44. The van der Waals surface area contributed by atoms with E-state index < -0.39 is 11.2 Å². The first-order valence-electron chi connectivity index (χ1n) is 15.9. The number of rotatable bonds is 9. The van der Waals surface area contributed by atoms with Gasteiger partial charge in [-0.2, -0.15) is 15.0 Å². The number of aromatic nitrogens is 2. The highest BCUT2D eigenvalue weighted by Gasteiger charge is 2.54. The third kappa shape index (κ3) is 5.28. The number of aryl methyl sites for hydroxylation is 2. The molecule has 12 heteroatoms. The van der Waals surface area contributed by atoms with E-state index in [2.05, 4.69) is 27.0 Å². The van der Waals surface area contributed by atoms with Gasteiger partial charge in [0.2, 0.25) is 5.91 Å². The number of nitrogens with zero attached hydrogens (tertiary/aromatic N) is 4. The molecule has 3 amide bonds. The molecular weight excluding hydrogens is 586 g/mol. The Hall–Kier alpha value is -4.76. The number of nitriles is 1. The molecule has 240 valence electrons. The number of hydrogen-bond acceptors (Lipinski definition) is 8. The van der Waals surface area contributed by atoms with Gasteiger partial charge in [-0.05, 0) is 105 Å². The zero-order chi connectivity index (χ0) is 32.7. The number of fused-ring (bicyclic) bond motifs is 3. The average molecular weight is 626 g/mol. The van der Waals surface area contributed by atoms with Gasteiger partial charge in [0, 0.05) is 31.3 Å². The first-order chi connectivity index (χ1) is 22.1. The molecule has 3 atom stereocenters. The Kier molecular flexibility index (Phi) is 8.29. The molecule has 2 aromatic carbocycles. The topological polar surface area (TPSA) is 162 Å². The highest BCUT2D eigenvalue weighted by molar-refractivity contribution is 5.95. The van der Waals surface area contributed by atoms with E-state index in [0.717, 1.165) is 35.1 Å². The maximum atomic E-state index is 13.3. The van der Waals surface area contributed by atoms with Crippen LogP contribution in [-0.2, 0) is 23.1 Å². The molecular formula is C34H39N7O5. The fourth-order valence-electron chi connectivity index (χ4n) is 7.45. The van der Waals surface area contributed by atoms with Crippen molar-refractivity contribution in [3.05, 3.63) is 86.2 Å². The van der Waals surface area contributed by atoms with Gasteiger partial charge in [-0.25, -0.2) is 4.79 Å². The Bertz CT molecular complexity index is 1730. The lowest BCUT2D eigenvalue weighted by Gasteiger charge is -2.36. The molecule has 0 spiro atoms. The van der Waals surface area contributed by atoms with Crippen molar-refractivity contribution in [3.63, 3.8) is 0 Å². The third-order valence-corrected chi connectivity index (χ3v) is 9.70. The van der Waals surface area contributed by atoms with Crippen molar-refractivity contribution in [1.82, 2.24) is 30.6 Å². The molecule has 1 saturated heterocycles. The van der Waals surface area contributed by atoms with Crippen molar-refractivity contribution in [1.29, 1.82) is 5.26 Å². The Labute approximate surface area is 267 Å². The molecule has 0 unspecified atom stereocenters. The largest absolute Gasteiger partial charge is 0.459 e. The number of nitrogens with one attached hydrogen (secondary N) is 3. The van der Waals surface area contributed by atoms with Crippen molar-refractivity contribution in [3.8, 4) is 6.07 Å². The molecule has 6 rings (SSSR count). The predicted molar refractivity (Wildman–Crippen MR) is 168 cm³/mol. The number of benzene rings is 2. The summed E-state index contributed by atoms with van der Waals surface area (Å²) in [7, 11) is 3.17. The zero-order valence-electron chi connectivity index (χ0n) is 26.6. The Morgan fingerprint density at radius 1 is 1.02 bits per heavy atom. The van der Waals surface area contributed by atoms with E-state index in [4.69, 9.17) is 4.52 Å². The molecule has 2 aliphatic carbocycles. The van der Waals surface area contributed by atoms with Gasteiger partial charge in [0.25, 0.3) is 11.8 Å². The van der Waals surface area contributed by atoms with E-state index in [9.17, 15) is 24.4 Å². The van der Waals surface area contributed by atoms with E-state index in [-0.39, 0.29) is 42.4 Å². The van der Waals surface area contributed by atoms with Gasteiger partial charge in [0.1, 0.15) is 6.04 Å². The summed E-state index contributed by atoms with van der Waals surface area (Å²) < 4.78 is 7.19. The smallest absolute Gasteiger partial charge is 0.355 e. The van der Waals surface area contributed by atoms with Crippen LogP contribution in [0.25, 0.3) is 0 Å². The third-order valence-electron chi connectivity index (χ3n) is 9.70. The minimum Gasteiger partial charge on any atom is -0.355 e. The van der Waals surface area contributed by atoms with Crippen molar-refractivity contribution in [2.24, 2.45) is 5.92 Å². The van der Waals surface area contributed by atoms with Gasteiger partial charge in [-0.15, -0.1) is 0 Å². The fraction of sp³-hybridized carbons (Fsp3) is 0.471. The molecule has 3 aromatic rings. The maximum Gasteiger partial charge on any atom is 0.459 e. The van der Waals surface area contributed by atoms with E-state index in [1.807, 2.05) is 38.1 Å². The van der Waals surface area contributed by atoms with Gasteiger partial charge in [0.15, 0.2) is 5.82 Å². The van der Waals surface area contributed by atoms with Gasteiger partial charge >= 0.3 is 5.76 Å². The Morgan fingerprint density at radius 3 is 2.17 bits per heavy atom. The van der Waals surface area contributed by atoms with Gasteiger partial charge in [-0.3, -0.25) is 14.4 Å². The number of hydrogen-bond donors (Lipinski definition) is 3. The molecule has 0 radical (unpaired) electrons. The lowest BCUT2D eigenvalue weighted by atomic mass is 9.69. The van der Waals surface area contributed by atoms with Crippen molar-refractivity contribution < 1.29 is 18.9 Å². The highest BCUT2D eigenvalue weighted by atomic mass is 16.5. The standard InChI is InChI=1S/C34H39N7O5/c1-19(2)41-32(39-33(45)46-41)34(11-12-38-18-29(42)40-25(17-35)15-24-16-28(24)40)26-9-7-22(30(43)36-3)13-20(26)5-6-21-14-23(31(44)37-4)8-10-27(21)34/h7-10,13-14,19,24-25,28,38H,5-6,11-12,15-16,18H2,1-4H3,(H,36,43)(H,37,44)/t24-,25+,28+/m1/s1. The van der Waals surface area contributed by atoms with E-state index in [1.54, 1.807) is 35.9 Å². The van der Waals surface area contributed by atoms with E-state index in [0.29, 0.717) is 48.7 Å². The summed E-state index contributed by atoms with van der Waals surface area (Å²) in [6.07, 6.45) is 3.23. The molecule has 12 nitrogen and oxygen atoms in total. The number of amides is 3. The summed E-state index contributed by atoms with van der Waals surface area (Å²) >= 11 is 0. The minimum absolute atomic E-state index is 0.0677. The maximum absolute atomic E-state index is 13.3. The summed E-state index contributed by atoms with van der Waals surface area (Å²) in [5.74, 6) is -0.414. The second-order valence-electron chi connectivity index (χ2n) is 12.7. The average Bonchev–Trinajstić information content (AvgIpc) is 3.59. The summed E-state index contributed by atoms with van der Waals surface area (Å²) in [6, 6.07) is 13.0. The van der Waals surface area contributed by atoms with Crippen molar-refractivity contribution in [2.45, 2.75) is 69.5 Å². The molecule has 46 heavy (non-hydrogen) atoms. The molecule has 3 N–H and O–H groups in total. The first kappa shape index (κ1) is 31.2. The van der Waals surface area contributed by atoms with Crippen LogP contribution in [0.3, 0.4) is 0 Å². The van der Waals surface area contributed by atoms with Crippen molar-refractivity contribution >= 4 is 17.7 Å². The summed E-state index contributed by atoms with van der Waals surface area (Å²) in [4.78, 5) is 57.7. The minimum atomic E-state index is -1.04. The molecule has 2 heterocycles. The molecule has 3 aliphatic rings. The van der Waals surface area contributed by atoms with Gasteiger partial charge in [-0.1, -0.05) is 12.1 Å². The molecule has 0 bridgehead atoms. The van der Waals surface area contributed by atoms with Crippen molar-refractivity contribution in [2.75, 3.05) is 27.2 Å². The Balaban J connectivity index is 1.47. The lowest BCUT2D eigenvalue weighted by molar-refractivity contribution is -0.131. The second kappa shape index (κ2) is 12.2. The van der Waals surface area contributed by atoms with Crippen LogP contribution in [0.5, 0.6) is 0 Å². The van der Waals surface area contributed by atoms with Crippen LogP contribution in [0.4, 0.5) is 0 Å². The quantitative estimate of drug-likeness (QED) is 0.305. The molecule has 2 fully saturated rings. The highest BCUT2D eigenvalue weighted by Crippen LogP contribution is 2.48. The van der Waals surface area contributed by atoms with Crippen LogP contribution in [0, 0.1) is 17.2 Å². The fourth-order valence-corrected chi connectivity index (χ4v) is 7.45. The van der Waals surface area contributed by atoms with Crippen LogP contribution in [0.2, 0.25) is 0 Å². The van der Waals surface area contributed by atoms with Gasteiger partial charge < -0.3 is 25.4 Å². The van der Waals surface area contributed by atoms with Crippen LogP contribution < -0.4 is 21.7 Å². The zero-order valence-corrected chi connectivity index (χ0v) is 26.6. The monoisotopic (exact) mass is 625 g/mol. The number of piperidine rings is 1. The summed E-state index contributed by atoms with van der Waals surface area (Å²) in [5, 5.41) is 18.3. The number of likely N-dealkylation sites (tertiary alicyclic amines) is 1. The SMILES string of the molecule is CNC(=O)c1ccc2c(c1)CCc1cc(C(=O)NC)ccc1C2(CCNCC(=O)N1[C@H](C#N)C[C@@H]2C[C@@H]21)c1nc(=O)on1C(C)C. The van der Waals surface area contributed by atoms with E-state index >= 15 is 0 Å². The van der Waals surface area contributed by atoms with Gasteiger partial charge in [0.05, 0.1) is 24.1 Å². The first-order valence-corrected chi connectivity index (χ1v) is 15.9. The van der Waals surface area contributed by atoms with Crippen LogP contribution in [-0.4, -0.2) is 71.6 Å². The predicted octanol–water partition coefficient (Wildman–Crippen LogP) is 2.06. The summed E-state index contributed by atoms with van der Waals surface area (Å²) in [5.41, 5.74) is 3.53. The van der Waals surface area contributed by atoms with E-state index in [1.165, 1.54) is 0 Å². The summed E-state index contributed by atoms with van der Waals surface area (Å²) in [6.45, 7) is 4.25. The Morgan fingerprint density at radius 2 is 1.63 bits per heavy atom. The molecule has 1 aliphatic heterocycles. The second-order valence-corrected chi connectivity index (χ2v) is 12.7. The van der Waals surface area contributed by atoms with Crippen LogP contribution in [0.1, 0.15) is 87.9 Å². The number of carbonyl (C=O) groups is 3. The number of carbonyl (C=O) groups excluding carboxylic acids is 3. The normalized spacial score (nSPS) is 20.6. The van der Waals surface area contributed by atoms with Crippen LogP contribution >= 0.6 is 0 Å².